The fourth-order valence-corrected chi connectivity index (χ4v) is 5.11. The fraction of sp³-hybridized carbons (Fsp3) is 0.474. The van der Waals surface area contributed by atoms with Gasteiger partial charge in [0.25, 0.3) is 0 Å². The quantitative estimate of drug-likeness (QED) is 0.680. The Hall–Kier alpha value is -1.97. The van der Waals surface area contributed by atoms with Gasteiger partial charge in [-0.25, -0.2) is 18.1 Å². The van der Waals surface area contributed by atoms with Crippen molar-refractivity contribution in [1.29, 1.82) is 0 Å². The van der Waals surface area contributed by atoms with Crippen molar-refractivity contribution in [3.8, 4) is 0 Å². The van der Waals surface area contributed by atoms with Crippen LogP contribution >= 0.6 is 11.3 Å². The van der Waals surface area contributed by atoms with Crippen LogP contribution in [0.4, 0.5) is 5.13 Å². The molecule has 0 saturated carbocycles. The summed E-state index contributed by atoms with van der Waals surface area (Å²) in [7, 11) is -3.59. The maximum Gasteiger partial charge on any atom is 0.240 e. The number of anilines is 1. The number of carbonyl (C=O) groups is 1. The maximum atomic E-state index is 12.3. The lowest BCUT2D eigenvalue weighted by Gasteiger charge is -2.32. The Morgan fingerprint density at radius 3 is 3.00 bits per heavy atom. The third-order valence-corrected chi connectivity index (χ3v) is 7.03. The Bertz CT molecular complexity index is 884. The Morgan fingerprint density at radius 2 is 2.25 bits per heavy atom. The van der Waals surface area contributed by atoms with Gasteiger partial charge >= 0.3 is 0 Å². The number of thiazole rings is 1. The minimum atomic E-state index is -3.59. The monoisotopic (exact) mass is 422 g/mol. The SMILES string of the molecule is Cc1cccc(S(=O)(=O)NCCC(=O)NC[C@@H]2CCCN(c3nccs3)C2)c1. The summed E-state index contributed by atoms with van der Waals surface area (Å²) in [6.07, 6.45) is 4.08. The highest BCUT2D eigenvalue weighted by molar-refractivity contribution is 7.89. The van der Waals surface area contributed by atoms with Gasteiger partial charge in [0, 0.05) is 44.2 Å². The standard InChI is InChI=1S/C19H26N4O3S2/c1-15-4-2-6-17(12-15)28(25,26)22-8-7-18(24)21-13-16-5-3-10-23(14-16)19-20-9-11-27-19/h2,4,6,9,11-12,16,22H,3,5,7-8,10,13-14H2,1H3,(H,21,24)/t16-/m0/s1. The number of piperidine rings is 1. The van der Waals surface area contributed by atoms with Crippen molar-refractivity contribution in [2.75, 3.05) is 31.1 Å². The first kappa shape index (κ1) is 20.8. The lowest BCUT2D eigenvalue weighted by molar-refractivity contribution is -0.121. The third-order valence-electron chi connectivity index (χ3n) is 4.74. The van der Waals surface area contributed by atoms with Crippen molar-refractivity contribution < 1.29 is 13.2 Å². The predicted molar refractivity (Wildman–Crippen MR) is 111 cm³/mol. The third kappa shape index (κ3) is 5.76. The lowest BCUT2D eigenvalue weighted by atomic mass is 9.98. The molecular formula is C19H26N4O3S2. The van der Waals surface area contributed by atoms with Crippen LogP contribution in [0.25, 0.3) is 0 Å². The molecule has 7 nitrogen and oxygen atoms in total. The highest BCUT2D eigenvalue weighted by Gasteiger charge is 2.22. The molecule has 0 bridgehead atoms. The van der Waals surface area contributed by atoms with Crippen molar-refractivity contribution in [3.63, 3.8) is 0 Å². The average Bonchev–Trinajstić information content (AvgIpc) is 3.21. The molecule has 0 unspecified atom stereocenters. The van der Waals surface area contributed by atoms with Crippen LogP contribution in [-0.2, 0) is 14.8 Å². The van der Waals surface area contributed by atoms with Crippen LogP contribution in [0.1, 0.15) is 24.8 Å². The number of amides is 1. The van der Waals surface area contributed by atoms with E-state index in [1.807, 2.05) is 24.6 Å². The van der Waals surface area contributed by atoms with Gasteiger partial charge in [-0.15, -0.1) is 11.3 Å². The summed E-state index contributed by atoms with van der Waals surface area (Å²) in [5, 5.41) is 5.94. The van der Waals surface area contributed by atoms with Crippen molar-refractivity contribution in [1.82, 2.24) is 15.0 Å². The van der Waals surface area contributed by atoms with Gasteiger partial charge in [0.2, 0.25) is 15.9 Å². The molecule has 9 heteroatoms. The zero-order valence-corrected chi connectivity index (χ0v) is 17.6. The summed E-state index contributed by atoms with van der Waals surface area (Å²) in [5.41, 5.74) is 0.875. The van der Waals surface area contributed by atoms with Gasteiger partial charge in [0.05, 0.1) is 4.90 Å². The smallest absolute Gasteiger partial charge is 0.240 e. The molecule has 1 amide bonds. The first-order valence-electron chi connectivity index (χ1n) is 9.41. The van der Waals surface area contributed by atoms with E-state index in [1.165, 1.54) is 0 Å². The fourth-order valence-electron chi connectivity index (χ4n) is 3.29. The molecule has 0 aliphatic carbocycles. The molecule has 3 rings (SSSR count). The maximum absolute atomic E-state index is 12.3. The number of sulfonamides is 1. The van der Waals surface area contributed by atoms with Crippen molar-refractivity contribution in [2.24, 2.45) is 5.92 Å². The van der Waals surface area contributed by atoms with E-state index in [1.54, 1.807) is 29.5 Å². The van der Waals surface area contributed by atoms with Crippen LogP contribution in [0.15, 0.2) is 40.7 Å². The molecule has 1 aromatic heterocycles. The van der Waals surface area contributed by atoms with Crippen molar-refractivity contribution in [2.45, 2.75) is 31.1 Å². The van der Waals surface area contributed by atoms with Crippen LogP contribution in [0, 0.1) is 12.8 Å². The largest absolute Gasteiger partial charge is 0.356 e. The summed E-state index contributed by atoms with van der Waals surface area (Å²) in [6, 6.07) is 6.70. The molecule has 28 heavy (non-hydrogen) atoms. The molecule has 152 valence electrons. The van der Waals surface area contributed by atoms with E-state index in [0.717, 1.165) is 36.6 Å². The molecule has 2 aromatic rings. The number of nitrogens with zero attached hydrogens (tertiary/aromatic N) is 2. The summed E-state index contributed by atoms with van der Waals surface area (Å²) >= 11 is 1.63. The first-order chi connectivity index (χ1) is 13.4. The lowest BCUT2D eigenvalue weighted by Crippen LogP contribution is -2.41. The molecule has 1 aliphatic rings. The molecule has 1 aromatic carbocycles. The van der Waals surface area contributed by atoms with Crippen LogP contribution in [0.5, 0.6) is 0 Å². The minimum Gasteiger partial charge on any atom is -0.356 e. The summed E-state index contributed by atoms with van der Waals surface area (Å²) in [6.45, 7) is 4.41. The second kappa shape index (κ2) is 9.49. The molecule has 2 N–H and O–H groups in total. The van der Waals surface area contributed by atoms with E-state index in [4.69, 9.17) is 0 Å². The highest BCUT2D eigenvalue weighted by atomic mass is 32.2. The molecular weight excluding hydrogens is 396 g/mol. The number of rotatable bonds is 8. The Morgan fingerprint density at radius 1 is 1.39 bits per heavy atom. The Kier molecular flexibility index (Phi) is 7.03. The average molecular weight is 423 g/mol. The Labute approximate surface area is 170 Å². The van der Waals surface area contributed by atoms with E-state index in [0.29, 0.717) is 12.5 Å². The molecule has 1 fully saturated rings. The van der Waals surface area contributed by atoms with Gasteiger partial charge in [0.1, 0.15) is 0 Å². The summed E-state index contributed by atoms with van der Waals surface area (Å²) in [5.74, 6) is 0.240. The van der Waals surface area contributed by atoms with Crippen molar-refractivity contribution >= 4 is 32.4 Å². The second-order valence-corrected chi connectivity index (χ2v) is 9.68. The molecule has 0 spiro atoms. The number of aromatic nitrogens is 1. The van der Waals surface area contributed by atoms with Gasteiger partial charge in [0.15, 0.2) is 5.13 Å². The first-order valence-corrected chi connectivity index (χ1v) is 11.8. The normalized spacial score (nSPS) is 17.5. The highest BCUT2D eigenvalue weighted by Crippen LogP contribution is 2.24. The van der Waals surface area contributed by atoms with Crippen molar-refractivity contribution in [3.05, 3.63) is 41.4 Å². The van der Waals surface area contributed by atoms with Crippen LogP contribution < -0.4 is 14.9 Å². The van der Waals surface area contributed by atoms with Crippen LogP contribution in [-0.4, -0.2) is 45.5 Å². The number of hydrogen-bond acceptors (Lipinski definition) is 6. The molecule has 1 saturated heterocycles. The number of nitrogens with one attached hydrogen (secondary N) is 2. The number of benzene rings is 1. The van der Waals surface area contributed by atoms with E-state index in [9.17, 15) is 13.2 Å². The zero-order valence-electron chi connectivity index (χ0n) is 15.9. The van der Waals surface area contributed by atoms with Gasteiger partial charge in [-0.3, -0.25) is 4.79 Å². The van der Waals surface area contributed by atoms with E-state index in [2.05, 4.69) is 19.9 Å². The second-order valence-electron chi connectivity index (χ2n) is 7.04. The predicted octanol–water partition coefficient (Wildman–Crippen LogP) is 2.15. The van der Waals surface area contributed by atoms with Crippen LogP contribution in [0.3, 0.4) is 0 Å². The number of carbonyl (C=O) groups excluding carboxylic acids is 1. The Balaban J connectivity index is 1.40. The van der Waals surface area contributed by atoms with Crippen LogP contribution in [0.2, 0.25) is 0 Å². The minimum absolute atomic E-state index is 0.0814. The van der Waals surface area contributed by atoms with Gasteiger partial charge < -0.3 is 10.2 Å². The topological polar surface area (TPSA) is 91.4 Å². The van der Waals surface area contributed by atoms with Gasteiger partial charge in [-0.2, -0.15) is 0 Å². The molecule has 1 atom stereocenters. The van der Waals surface area contributed by atoms with E-state index >= 15 is 0 Å². The molecule has 1 aliphatic heterocycles. The van der Waals surface area contributed by atoms with E-state index in [-0.39, 0.29) is 23.8 Å². The van der Waals surface area contributed by atoms with Gasteiger partial charge in [-0.05, 0) is 43.4 Å². The number of aryl methyl sites for hydroxylation is 1. The van der Waals surface area contributed by atoms with Gasteiger partial charge in [-0.1, -0.05) is 12.1 Å². The van der Waals surface area contributed by atoms with E-state index < -0.39 is 10.0 Å². The number of hydrogen-bond donors (Lipinski definition) is 2. The zero-order chi connectivity index (χ0) is 20.0. The molecule has 0 radical (unpaired) electrons. The summed E-state index contributed by atoms with van der Waals surface area (Å²) in [4.78, 5) is 18.9. The molecule has 2 heterocycles. The summed E-state index contributed by atoms with van der Waals surface area (Å²) < 4.78 is 27.0.